The van der Waals surface area contributed by atoms with Crippen LogP contribution in [0.15, 0.2) is 79.1 Å². The maximum atomic E-state index is 6.21. The molecule has 0 fully saturated rings. The number of nitrogens with zero attached hydrogens (tertiary/aromatic N) is 2. The molecule has 2 N–H and O–H groups in total. The molecule has 0 radical (unpaired) electrons. The van der Waals surface area contributed by atoms with Crippen LogP contribution < -0.4 is 5.73 Å². The summed E-state index contributed by atoms with van der Waals surface area (Å²) in [7, 11) is 0. The van der Waals surface area contributed by atoms with Gasteiger partial charge < -0.3 is 5.73 Å². The van der Waals surface area contributed by atoms with Crippen LogP contribution in [-0.2, 0) is 0 Å². The Morgan fingerprint density at radius 2 is 1.62 bits per heavy atom. The summed E-state index contributed by atoms with van der Waals surface area (Å²) in [5.74, 6) is 0.526. The van der Waals surface area contributed by atoms with Crippen molar-refractivity contribution >= 4 is 22.2 Å². The molecule has 3 nitrogen and oxygen atoms in total. The third kappa shape index (κ3) is 3.90. The standard InChI is InChI=1S/C26H25N3/c1-3-4-9-24(25-18(2)28-17-29-26(25)27)21-13-10-20(11-14-21)23-15-12-19-7-5-6-8-22(19)16-23/h5-17H,3-4H2,1-2H3,(H2,27,28,29)/b24-9-. The quantitative estimate of drug-likeness (QED) is 0.435. The van der Waals surface area contributed by atoms with Crippen molar-refractivity contribution < 1.29 is 0 Å². The maximum Gasteiger partial charge on any atom is 0.134 e. The van der Waals surface area contributed by atoms with E-state index < -0.39 is 0 Å². The Labute approximate surface area is 172 Å². The average Bonchev–Trinajstić information content (AvgIpc) is 2.75. The van der Waals surface area contributed by atoms with Crippen molar-refractivity contribution in [2.75, 3.05) is 5.73 Å². The molecule has 0 unspecified atom stereocenters. The van der Waals surface area contributed by atoms with E-state index in [0.29, 0.717) is 5.82 Å². The third-order valence-corrected chi connectivity index (χ3v) is 5.25. The van der Waals surface area contributed by atoms with E-state index >= 15 is 0 Å². The minimum atomic E-state index is 0.526. The van der Waals surface area contributed by atoms with Gasteiger partial charge in [0, 0.05) is 5.56 Å². The van der Waals surface area contributed by atoms with E-state index in [2.05, 4.69) is 89.7 Å². The molecule has 0 aliphatic carbocycles. The number of aryl methyl sites for hydroxylation is 1. The van der Waals surface area contributed by atoms with Gasteiger partial charge in [0.25, 0.3) is 0 Å². The van der Waals surface area contributed by atoms with Crippen LogP contribution in [0.5, 0.6) is 0 Å². The van der Waals surface area contributed by atoms with Gasteiger partial charge in [0.2, 0.25) is 0 Å². The first-order valence-corrected chi connectivity index (χ1v) is 10.0. The summed E-state index contributed by atoms with van der Waals surface area (Å²) in [5, 5.41) is 2.51. The van der Waals surface area contributed by atoms with Gasteiger partial charge in [0.15, 0.2) is 0 Å². The molecule has 0 aliphatic heterocycles. The Morgan fingerprint density at radius 1 is 0.897 bits per heavy atom. The fourth-order valence-electron chi connectivity index (χ4n) is 3.69. The number of nitrogens with two attached hydrogens (primary N) is 1. The van der Waals surface area contributed by atoms with Crippen LogP contribution in [0.4, 0.5) is 5.82 Å². The molecule has 4 rings (SSSR count). The second kappa shape index (κ2) is 8.27. The number of rotatable bonds is 5. The first-order valence-electron chi connectivity index (χ1n) is 10.0. The van der Waals surface area contributed by atoms with Crippen LogP contribution in [0.3, 0.4) is 0 Å². The van der Waals surface area contributed by atoms with E-state index in [1.807, 2.05) is 6.92 Å². The van der Waals surface area contributed by atoms with E-state index in [1.165, 1.54) is 28.2 Å². The van der Waals surface area contributed by atoms with Crippen LogP contribution in [-0.4, -0.2) is 9.97 Å². The van der Waals surface area contributed by atoms with Gasteiger partial charge >= 0.3 is 0 Å². The molecule has 0 spiro atoms. The van der Waals surface area contributed by atoms with Crippen molar-refractivity contribution in [1.82, 2.24) is 9.97 Å². The number of allylic oxidation sites excluding steroid dienone is 1. The van der Waals surface area contributed by atoms with Gasteiger partial charge in [-0.2, -0.15) is 0 Å². The summed E-state index contributed by atoms with van der Waals surface area (Å²) < 4.78 is 0. The lowest BCUT2D eigenvalue weighted by Crippen LogP contribution is -2.03. The van der Waals surface area contributed by atoms with Crippen LogP contribution in [0.2, 0.25) is 0 Å². The van der Waals surface area contributed by atoms with Gasteiger partial charge in [-0.05, 0) is 52.4 Å². The molecular formula is C26H25N3. The van der Waals surface area contributed by atoms with Gasteiger partial charge in [0.1, 0.15) is 12.1 Å². The zero-order valence-electron chi connectivity index (χ0n) is 16.9. The monoisotopic (exact) mass is 379 g/mol. The number of hydrogen-bond acceptors (Lipinski definition) is 3. The minimum absolute atomic E-state index is 0.526. The van der Waals surface area contributed by atoms with E-state index in [-0.39, 0.29) is 0 Å². The largest absolute Gasteiger partial charge is 0.383 e. The number of anilines is 1. The topological polar surface area (TPSA) is 51.8 Å². The molecule has 0 bridgehead atoms. The average molecular weight is 380 g/mol. The summed E-state index contributed by atoms with van der Waals surface area (Å²) in [6.07, 6.45) is 5.82. The zero-order chi connectivity index (χ0) is 20.2. The van der Waals surface area contributed by atoms with Gasteiger partial charge in [-0.1, -0.05) is 80.1 Å². The first kappa shape index (κ1) is 18.9. The molecule has 1 heterocycles. The highest BCUT2D eigenvalue weighted by Crippen LogP contribution is 2.31. The Hall–Kier alpha value is -3.46. The second-order valence-electron chi connectivity index (χ2n) is 7.27. The van der Waals surface area contributed by atoms with Crippen molar-refractivity contribution in [2.45, 2.75) is 26.7 Å². The van der Waals surface area contributed by atoms with Crippen molar-refractivity contribution in [3.63, 3.8) is 0 Å². The number of fused-ring (bicyclic) bond motifs is 1. The molecule has 4 aromatic rings. The molecule has 144 valence electrons. The second-order valence-corrected chi connectivity index (χ2v) is 7.27. The smallest absolute Gasteiger partial charge is 0.134 e. The van der Waals surface area contributed by atoms with Crippen molar-refractivity contribution in [3.05, 3.63) is 96.0 Å². The normalized spacial score (nSPS) is 11.7. The van der Waals surface area contributed by atoms with Gasteiger partial charge in [-0.25, -0.2) is 9.97 Å². The SMILES string of the molecule is CCC/C=C(/c1ccc(-c2ccc3ccccc3c2)cc1)c1c(C)ncnc1N. The fourth-order valence-corrected chi connectivity index (χ4v) is 3.69. The fraction of sp³-hybridized carbons (Fsp3) is 0.154. The van der Waals surface area contributed by atoms with E-state index in [4.69, 9.17) is 5.73 Å². The minimum Gasteiger partial charge on any atom is -0.383 e. The first-order chi connectivity index (χ1) is 14.2. The van der Waals surface area contributed by atoms with Crippen LogP contribution >= 0.6 is 0 Å². The zero-order valence-corrected chi connectivity index (χ0v) is 16.9. The molecule has 0 amide bonds. The van der Waals surface area contributed by atoms with Crippen molar-refractivity contribution in [2.24, 2.45) is 0 Å². The molecule has 29 heavy (non-hydrogen) atoms. The molecule has 0 aliphatic rings. The molecule has 0 saturated heterocycles. The number of aromatic nitrogens is 2. The Morgan fingerprint density at radius 3 is 2.34 bits per heavy atom. The number of nitrogen functional groups attached to an aromatic ring is 1. The molecule has 0 atom stereocenters. The summed E-state index contributed by atoms with van der Waals surface area (Å²) in [5.41, 5.74) is 12.7. The Balaban J connectivity index is 1.74. The number of unbranched alkanes of at least 4 members (excludes halogenated alkanes) is 1. The molecular weight excluding hydrogens is 354 g/mol. The van der Waals surface area contributed by atoms with E-state index in [9.17, 15) is 0 Å². The lowest BCUT2D eigenvalue weighted by molar-refractivity contribution is 0.959. The van der Waals surface area contributed by atoms with Crippen molar-refractivity contribution in [1.29, 1.82) is 0 Å². The Kier molecular flexibility index (Phi) is 5.39. The van der Waals surface area contributed by atoms with E-state index in [0.717, 1.165) is 35.2 Å². The predicted molar refractivity (Wildman–Crippen MR) is 123 cm³/mol. The predicted octanol–water partition coefficient (Wildman–Crippen LogP) is 6.42. The summed E-state index contributed by atoms with van der Waals surface area (Å²) >= 11 is 0. The van der Waals surface area contributed by atoms with Crippen LogP contribution in [0.25, 0.3) is 27.5 Å². The highest BCUT2D eigenvalue weighted by Gasteiger charge is 2.13. The van der Waals surface area contributed by atoms with Crippen LogP contribution in [0, 0.1) is 6.92 Å². The van der Waals surface area contributed by atoms with Crippen molar-refractivity contribution in [3.8, 4) is 11.1 Å². The summed E-state index contributed by atoms with van der Waals surface area (Å²) in [6, 6.07) is 23.7. The van der Waals surface area contributed by atoms with Gasteiger partial charge in [-0.15, -0.1) is 0 Å². The molecule has 1 aromatic heterocycles. The third-order valence-electron chi connectivity index (χ3n) is 5.25. The number of hydrogen-bond donors (Lipinski definition) is 1. The molecule has 3 aromatic carbocycles. The maximum absolute atomic E-state index is 6.21. The number of benzene rings is 3. The molecule has 3 heteroatoms. The van der Waals surface area contributed by atoms with Crippen LogP contribution in [0.1, 0.15) is 36.6 Å². The highest BCUT2D eigenvalue weighted by molar-refractivity contribution is 5.89. The summed E-state index contributed by atoms with van der Waals surface area (Å²) in [4.78, 5) is 8.57. The highest BCUT2D eigenvalue weighted by atomic mass is 14.9. The molecule has 0 saturated carbocycles. The lowest BCUT2D eigenvalue weighted by Gasteiger charge is -2.14. The lowest BCUT2D eigenvalue weighted by atomic mass is 9.93. The van der Waals surface area contributed by atoms with E-state index in [1.54, 1.807) is 0 Å². The van der Waals surface area contributed by atoms with Gasteiger partial charge in [0.05, 0.1) is 5.69 Å². The van der Waals surface area contributed by atoms with Gasteiger partial charge in [-0.3, -0.25) is 0 Å². The Bertz CT molecular complexity index is 1150. The summed E-state index contributed by atoms with van der Waals surface area (Å²) in [6.45, 7) is 4.16.